The molecule has 1 amide bonds. The van der Waals surface area contributed by atoms with Crippen LogP contribution in [-0.2, 0) is 16.1 Å². The summed E-state index contributed by atoms with van der Waals surface area (Å²) in [7, 11) is 1.45. The highest BCUT2D eigenvalue weighted by molar-refractivity contribution is 6.01. The van der Waals surface area contributed by atoms with Gasteiger partial charge in [0.25, 0.3) is 5.91 Å². The summed E-state index contributed by atoms with van der Waals surface area (Å²) in [5, 5.41) is 12.1. The fourth-order valence-corrected chi connectivity index (χ4v) is 3.82. The van der Waals surface area contributed by atoms with Gasteiger partial charge in [-0.2, -0.15) is 5.26 Å². The van der Waals surface area contributed by atoms with Crippen LogP contribution in [0.25, 0.3) is 6.08 Å². The summed E-state index contributed by atoms with van der Waals surface area (Å²) < 4.78 is 21.8. The number of hydrogen-bond donors (Lipinski definition) is 1. The molecule has 1 aromatic heterocycles. The number of carbonyl (C=O) groups is 2. The first-order valence-electron chi connectivity index (χ1n) is 12.3. The molecule has 1 heterocycles. The Morgan fingerprint density at radius 1 is 1.13 bits per heavy atom. The fourth-order valence-electron chi connectivity index (χ4n) is 3.82. The Labute approximate surface area is 222 Å². The standard InChI is InChI=1S/C30H32N2O6/c1-20(2)26-11-10-24(15-21(26)3)36-14-6-8-29(33)38-27-12-9-22(17-28(27)35-4)16-23(18-31)30(34)32-19-25-7-5-13-37-25/h5,7,9-13,15-17,20H,6,8,14,19H2,1-4H3,(H,32,34)/b23-16+. The van der Waals surface area contributed by atoms with E-state index in [0.29, 0.717) is 36.0 Å². The maximum Gasteiger partial charge on any atom is 0.311 e. The van der Waals surface area contributed by atoms with Gasteiger partial charge in [-0.3, -0.25) is 9.59 Å². The van der Waals surface area contributed by atoms with Gasteiger partial charge in [0.05, 0.1) is 26.5 Å². The summed E-state index contributed by atoms with van der Waals surface area (Å²) in [4.78, 5) is 24.7. The monoisotopic (exact) mass is 516 g/mol. The van der Waals surface area contributed by atoms with E-state index in [-0.39, 0.29) is 24.3 Å². The van der Waals surface area contributed by atoms with Crippen LogP contribution in [0.2, 0.25) is 0 Å². The maximum atomic E-state index is 12.4. The molecule has 0 saturated heterocycles. The number of furan rings is 1. The van der Waals surface area contributed by atoms with Crippen LogP contribution in [0.5, 0.6) is 17.2 Å². The fraction of sp³-hybridized carbons (Fsp3) is 0.300. The predicted molar refractivity (Wildman–Crippen MR) is 143 cm³/mol. The lowest BCUT2D eigenvalue weighted by Crippen LogP contribution is -2.23. The maximum absolute atomic E-state index is 12.4. The van der Waals surface area contributed by atoms with Crippen molar-refractivity contribution in [3.63, 3.8) is 0 Å². The minimum Gasteiger partial charge on any atom is -0.494 e. The van der Waals surface area contributed by atoms with Gasteiger partial charge in [-0.25, -0.2) is 0 Å². The van der Waals surface area contributed by atoms with Crippen molar-refractivity contribution in [1.29, 1.82) is 5.26 Å². The second-order valence-electron chi connectivity index (χ2n) is 8.94. The summed E-state index contributed by atoms with van der Waals surface area (Å²) in [5.74, 6) is 1.39. The average molecular weight is 517 g/mol. The number of carbonyl (C=O) groups excluding carboxylic acids is 2. The number of nitrogens with one attached hydrogen (secondary N) is 1. The summed E-state index contributed by atoms with van der Waals surface area (Å²) in [6, 6.07) is 16.1. The average Bonchev–Trinajstić information content (AvgIpc) is 3.42. The molecule has 3 rings (SSSR count). The topological polar surface area (TPSA) is 111 Å². The van der Waals surface area contributed by atoms with Crippen LogP contribution in [0.1, 0.15) is 55.1 Å². The number of hydrogen-bond acceptors (Lipinski definition) is 7. The normalized spacial score (nSPS) is 11.1. The highest BCUT2D eigenvalue weighted by atomic mass is 16.6. The second-order valence-corrected chi connectivity index (χ2v) is 8.94. The molecular formula is C30H32N2O6. The SMILES string of the molecule is COc1cc(/C=C(\C#N)C(=O)NCc2ccco2)ccc1OC(=O)CCCOc1ccc(C(C)C)c(C)c1. The Hall–Kier alpha value is -4.51. The molecule has 3 aromatic rings. The minimum atomic E-state index is -0.536. The van der Waals surface area contributed by atoms with Crippen molar-refractivity contribution >= 4 is 18.0 Å². The summed E-state index contributed by atoms with van der Waals surface area (Å²) >= 11 is 0. The van der Waals surface area contributed by atoms with E-state index >= 15 is 0 Å². The number of benzene rings is 2. The zero-order valence-electron chi connectivity index (χ0n) is 22.1. The first kappa shape index (κ1) is 28.1. The van der Waals surface area contributed by atoms with Crippen LogP contribution in [0.4, 0.5) is 0 Å². The van der Waals surface area contributed by atoms with Crippen molar-refractivity contribution in [2.24, 2.45) is 0 Å². The van der Waals surface area contributed by atoms with Crippen molar-refractivity contribution in [2.75, 3.05) is 13.7 Å². The molecule has 2 aromatic carbocycles. The van der Waals surface area contributed by atoms with Gasteiger partial charge in [-0.15, -0.1) is 0 Å². The largest absolute Gasteiger partial charge is 0.494 e. The lowest BCUT2D eigenvalue weighted by molar-refractivity contribution is -0.134. The van der Waals surface area contributed by atoms with E-state index in [2.05, 4.69) is 32.2 Å². The lowest BCUT2D eigenvalue weighted by Gasteiger charge is -2.13. The molecule has 198 valence electrons. The molecule has 38 heavy (non-hydrogen) atoms. The van der Waals surface area contributed by atoms with Gasteiger partial charge in [0.2, 0.25) is 0 Å². The van der Waals surface area contributed by atoms with Crippen LogP contribution in [-0.4, -0.2) is 25.6 Å². The molecule has 8 nitrogen and oxygen atoms in total. The van der Waals surface area contributed by atoms with Crippen LogP contribution >= 0.6 is 0 Å². The van der Waals surface area contributed by atoms with E-state index in [9.17, 15) is 14.9 Å². The van der Waals surface area contributed by atoms with Crippen molar-refractivity contribution in [2.45, 2.75) is 46.1 Å². The number of aryl methyl sites for hydroxylation is 1. The molecule has 0 saturated carbocycles. The van der Waals surface area contributed by atoms with Crippen LogP contribution in [0.3, 0.4) is 0 Å². The molecule has 0 aliphatic rings. The molecule has 1 N–H and O–H groups in total. The zero-order valence-corrected chi connectivity index (χ0v) is 22.1. The van der Waals surface area contributed by atoms with E-state index in [1.165, 1.54) is 30.6 Å². The van der Waals surface area contributed by atoms with E-state index < -0.39 is 11.9 Å². The van der Waals surface area contributed by atoms with Crippen LogP contribution in [0, 0.1) is 18.3 Å². The number of rotatable bonds is 12. The van der Waals surface area contributed by atoms with Crippen LogP contribution < -0.4 is 19.5 Å². The van der Waals surface area contributed by atoms with Crippen LogP contribution in [0.15, 0.2) is 64.8 Å². The minimum absolute atomic E-state index is 0.0857. The van der Waals surface area contributed by atoms with E-state index in [1.54, 1.807) is 30.3 Å². The number of amides is 1. The quantitative estimate of drug-likeness (QED) is 0.108. The molecule has 0 bridgehead atoms. The molecule has 0 fully saturated rings. The van der Waals surface area contributed by atoms with Gasteiger partial charge in [0.1, 0.15) is 23.2 Å². The van der Waals surface area contributed by atoms with Gasteiger partial charge in [-0.05, 0) is 78.4 Å². The molecular weight excluding hydrogens is 484 g/mol. The molecule has 0 unspecified atom stereocenters. The molecule has 0 aliphatic heterocycles. The van der Waals surface area contributed by atoms with Crippen molar-refractivity contribution in [3.05, 3.63) is 82.8 Å². The number of esters is 1. The second kappa shape index (κ2) is 13.7. The van der Waals surface area contributed by atoms with E-state index in [4.69, 9.17) is 18.6 Å². The number of nitriles is 1. The first-order chi connectivity index (χ1) is 18.3. The van der Waals surface area contributed by atoms with E-state index in [0.717, 1.165) is 5.75 Å². The van der Waals surface area contributed by atoms with Crippen molar-refractivity contribution in [1.82, 2.24) is 5.32 Å². The summed E-state index contributed by atoms with van der Waals surface area (Å²) in [6.45, 7) is 6.92. The highest BCUT2D eigenvalue weighted by Crippen LogP contribution is 2.29. The molecule has 0 radical (unpaired) electrons. The van der Waals surface area contributed by atoms with Crippen molar-refractivity contribution < 1.29 is 28.2 Å². The molecule has 0 spiro atoms. The van der Waals surface area contributed by atoms with Gasteiger partial charge < -0.3 is 23.9 Å². The summed E-state index contributed by atoms with van der Waals surface area (Å²) in [6.07, 6.45) is 3.59. The molecule has 8 heteroatoms. The third-order valence-electron chi connectivity index (χ3n) is 5.75. The predicted octanol–water partition coefficient (Wildman–Crippen LogP) is 5.71. The Morgan fingerprint density at radius 2 is 1.95 bits per heavy atom. The van der Waals surface area contributed by atoms with Crippen molar-refractivity contribution in [3.8, 4) is 23.3 Å². The number of nitrogens with zero attached hydrogens (tertiary/aromatic N) is 1. The Kier molecular flexibility index (Phi) is 10.1. The molecule has 0 atom stereocenters. The highest BCUT2D eigenvalue weighted by Gasteiger charge is 2.14. The van der Waals surface area contributed by atoms with Gasteiger partial charge in [0.15, 0.2) is 11.5 Å². The number of ether oxygens (including phenoxy) is 3. The number of methoxy groups -OCH3 is 1. The van der Waals surface area contributed by atoms with E-state index in [1.807, 2.05) is 18.2 Å². The lowest BCUT2D eigenvalue weighted by atomic mass is 9.98. The zero-order chi connectivity index (χ0) is 27.5. The Bertz CT molecular complexity index is 1320. The Morgan fingerprint density at radius 3 is 2.61 bits per heavy atom. The third-order valence-corrected chi connectivity index (χ3v) is 5.75. The first-order valence-corrected chi connectivity index (χ1v) is 12.3. The molecule has 0 aliphatic carbocycles. The van der Waals surface area contributed by atoms with Gasteiger partial charge in [-0.1, -0.05) is 26.0 Å². The third kappa shape index (κ3) is 8.00. The smallest absolute Gasteiger partial charge is 0.311 e. The summed E-state index contributed by atoms with van der Waals surface area (Å²) in [5.41, 5.74) is 2.92. The van der Waals surface area contributed by atoms with Gasteiger partial charge in [0, 0.05) is 6.42 Å². The van der Waals surface area contributed by atoms with Gasteiger partial charge >= 0.3 is 5.97 Å². The Balaban J connectivity index is 1.53.